The van der Waals surface area contributed by atoms with Gasteiger partial charge in [-0.05, 0) is 63.8 Å². The molecule has 0 spiro atoms. The molecule has 1 aromatic rings. The maximum absolute atomic E-state index is 2.48. The second kappa shape index (κ2) is 8.71. The molecule has 0 N–H and O–H groups in total. The first-order valence-electron chi connectivity index (χ1n) is 8.17. The lowest BCUT2D eigenvalue weighted by molar-refractivity contribution is 0.745. The average molecular weight is 285 g/mol. The van der Waals surface area contributed by atoms with Gasteiger partial charge in [0.15, 0.2) is 0 Å². The molecule has 0 bridgehead atoms. The molecule has 0 saturated carbocycles. The zero-order chi connectivity index (χ0) is 15.8. The van der Waals surface area contributed by atoms with Gasteiger partial charge in [0.05, 0.1) is 0 Å². The van der Waals surface area contributed by atoms with E-state index in [1.807, 2.05) is 0 Å². The molecule has 0 amide bonds. The Morgan fingerprint density at radius 3 is 1.86 bits per heavy atom. The first-order valence-corrected chi connectivity index (χ1v) is 8.17. The Morgan fingerprint density at radius 1 is 0.905 bits per heavy atom. The molecule has 116 valence electrons. The summed E-state index contributed by atoms with van der Waals surface area (Å²) in [4.78, 5) is 2.48. The Bertz CT molecular complexity index is 481. The van der Waals surface area contributed by atoms with Crippen molar-refractivity contribution < 1.29 is 0 Å². The predicted octanol–water partition coefficient (Wildman–Crippen LogP) is 6.07. The van der Waals surface area contributed by atoms with Crippen molar-refractivity contribution >= 4 is 11.3 Å². The zero-order valence-electron chi connectivity index (χ0n) is 14.7. The third-order valence-electron chi connectivity index (χ3n) is 3.90. The van der Waals surface area contributed by atoms with Gasteiger partial charge in [-0.2, -0.15) is 0 Å². The van der Waals surface area contributed by atoms with Crippen LogP contribution < -0.4 is 4.90 Å². The van der Waals surface area contributed by atoms with E-state index in [2.05, 4.69) is 76.8 Å². The van der Waals surface area contributed by atoms with Gasteiger partial charge in [-0.25, -0.2) is 0 Å². The molecule has 0 heterocycles. The molecule has 0 atom stereocenters. The molecule has 0 radical (unpaired) electrons. The summed E-state index contributed by atoms with van der Waals surface area (Å²) in [6, 6.07) is 9.02. The Balaban J connectivity index is 2.93. The molecular weight excluding hydrogens is 254 g/mol. The van der Waals surface area contributed by atoms with Crippen LogP contribution in [0, 0.1) is 0 Å². The number of anilines is 1. The Labute approximate surface area is 131 Å². The summed E-state index contributed by atoms with van der Waals surface area (Å²) in [5, 5.41) is 0. The largest absolute Gasteiger partial charge is 0.372 e. The summed E-state index contributed by atoms with van der Waals surface area (Å²) in [6.07, 6.45) is 4.67. The minimum Gasteiger partial charge on any atom is -0.372 e. The number of hydrogen-bond donors (Lipinski definition) is 0. The quantitative estimate of drug-likeness (QED) is 0.549. The summed E-state index contributed by atoms with van der Waals surface area (Å²) >= 11 is 0. The highest BCUT2D eigenvalue weighted by molar-refractivity contribution is 5.68. The number of rotatable bonds is 7. The molecule has 1 heteroatoms. The summed E-state index contributed by atoms with van der Waals surface area (Å²) in [7, 11) is 0. The molecule has 0 aliphatic rings. The molecule has 0 unspecified atom stereocenters. The van der Waals surface area contributed by atoms with E-state index in [0.717, 1.165) is 13.1 Å². The van der Waals surface area contributed by atoms with Crippen molar-refractivity contribution in [3.63, 3.8) is 0 Å². The fourth-order valence-corrected chi connectivity index (χ4v) is 2.40. The summed E-state index contributed by atoms with van der Waals surface area (Å²) in [6.45, 7) is 15.5. The number of benzene rings is 1. The van der Waals surface area contributed by atoms with Crippen molar-refractivity contribution in [2.75, 3.05) is 18.0 Å². The van der Waals surface area contributed by atoms with Crippen LogP contribution in [-0.4, -0.2) is 13.1 Å². The Hall–Kier alpha value is -1.50. The van der Waals surface area contributed by atoms with E-state index in [-0.39, 0.29) is 0 Å². The summed E-state index contributed by atoms with van der Waals surface area (Å²) in [5.74, 6) is 0. The molecule has 0 saturated heterocycles. The van der Waals surface area contributed by atoms with Crippen molar-refractivity contribution in [2.24, 2.45) is 0 Å². The molecule has 1 rings (SSSR count). The lowest BCUT2D eigenvalue weighted by Gasteiger charge is -2.24. The molecule has 0 aliphatic heterocycles. The Kier molecular flexibility index (Phi) is 7.28. The highest BCUT2D eigenvalue weighted by Gasteiger charge is 2.04. The van der Waals surface area contributed by atoms with Crippen LogP contribution in [-0.2, 0) is 0 Å². The highest BCUT2D eigenvalue weighted by Crippen LogP contribution is 2.22. The average Bonchev–Trinajstić information content (AvgIpc) is 2.47. The fourth-order valence-electron chi connectivity index (χ4n) is 2.40. The van der Waals surface area contributed by atoms with Gasteiger partial charge in [-0.15, -0.1) is 0 Å². The van der Waals surface area contributed by atoms with Gasteiger partial charge in [0.1, 0.15) is 0 Å². The third kappa shape index (κ3) is 5.41. The number of allylic oxidation sites excluding steroid dienone is 4. The first kappa shape index (κ1) is 17.6. The van der Waals surface area contributed by atoms with Gasteiger partial charge in [-0.3, -0.25) is 0 Å². The van der Waals surface area contributed by atoms with E-state index in [1.165, 1.54) is 40.8 Å². The summed E-state index contributed by atoms with van der Waals surface area (Å²) in [5.41, 5.74) is 6.72. The topological polar surface area (TPSA) is 3.24 Å². The first-order chi connectivity index (χ1) is 9.99. The lowest BCUT2D eigenvalue weighted by Crippen LogP contribution is -2.24. The van der Waals surface area contributed by atoms with Crippen molar-refractivity contribution in [1.82, 2.24) is 0 Å². The van der Waals surface area contributed by atoms with E-state index in [1.54, 1.807) is 0 Å². The van der Waals surface area contributed by atoms with E-state index < -0.39 is 0 Å². The van der Waals surface area contributed by atoms with Gasteiger partial charge < -0.3 is 4.90 Å². The van der Waals surface area contributed by atoms with Crippen molar-refractivity contribution in [3.8, 4) is 0 Å². The summed E-state index contributed by atoms with van der Waals surface area (Å²) < 4.78 is 0. The van der Waals surface area contributed by atoms with E-state index >= 15 is 0 Å². The Morgan fingerprint density at radius 2 is 1.43 bits per heavy atom. The zero-order valence-corrected chi connectivity index (χ0v) is 14.7. The van der Waals surface area contributed by atoms with Crippen LogP contribution in [0.5, 0.6) is 0 Å². The minimum absolute atomic E-state index is 1.14. The second-order valence-corrected chi connectivity index (χ2v) is 6.04. The van der Waals surface area contributed by atoms with Crippen LogP contribution >= 0.6 is 0 Å². The van der Waals surface area contributed by atoms with Crippen molar-refractivity contribution in [1.29, 1.82) is 0 Å². The lowest BCUT2D eigenvalue weighted by atomic mass is 10.0. The van der Waals surface area contributed by atoms with Crippen LogP contribution in [0.25, 0.3) is 5.57 Å². The standard InChI is InChI=1S/C20H31N/c1-7-13-21(14-8-2)20-11-9-19(10-12-20)18(6)15-17(5)16(3)4/h9-12,15H,7-8,13-14H2,1-6H3/b18-15+. The highest BCUT2D eigenvalue weighted by atomic mass is 15.1. The molecule has 0 aromatic heterocycles. The monoisotopic (exact) mass is 285 g/mol. The van der Waals surface area contributed by atoms with E-state index in [0.29, 0.717) is 0 Å². The normalized spacial score (nSPS) is 11.4. The van der Waals surface area contributed by atoms with Gasteiger partial charge >= 0.3 is 0 Å². The molecule has 21 heavy (non-hydrogen) atoms. The van der Waals surface area contributed by atoms with Crippen molar-refractivity contribution in [2.45, 2.75) is 54.4 Å². The van der Waals surface area contributed by atoms with Gasteiger partial charge in [0.2, 0.25) is 0 Å². The minimum atomic E-state index is 1.14. The van der Waals surface area contributed by atoms with Crippen LogP contribution in [0.1, 0.15) is 59.9 Å². The molecule has 0 aliphatic carbocycles. The molecule has 1 aromatic carbocycles. The smallest absolute Gasteiger partial charge is 0.0366 e. The molecule has 0 fully saturated rings. The van der Waals surface area contributed by atoms with Crippen LogP contribution in [0.3, 0.4) is 0 Å². The SMILES string of the molecule is CCCN(CCC)c1ccc(/C(C)=C/C(C)=C(C)C)cc1. The number of hydrogen-bond acceptors (Lipinski definition) is 1. The fraction of sp³-hybridized carbons (Fsp3) is 0.500. The van der Waals surface area contributed by atoms with Crippen LogP contribution in [0.2, 0.25) is 0 Å². The second-order valence-electron chi connectivity index (χ2n) is 6.04. The third-order valence-corrected chi connectivity index (χ3v) is 3.90. The van der Waals surface area contributed by atoms with E-state index in [4.69, 9.17) is 0 Å². The van der Waals surface area contributed by atoms with Crippen molar-refractivity contribution in [3.05, 3.63) is 47.1 Å². The molecular formula is C20H31N. The predicted molar refractivity (Wildman–Crippen MR) is 96.9 cm³/mol. The van der Waals surface area contributed by atoms with E-state index in [9.17, 15) is 0 Å². The van der Waals surface area contributed by atoms with Gasteiger partial charge in [0, 0.05) is 18.8 Å². The molecule has 1 nitrogen and oxygen atoms in total. The van der Waals surface area contributed by atoms with Gasteiger partial charge in [0.25, 0.3) is 0 Å². The number of nitrogens with zero attached hydrogens (tertiary/aromatic N) is 1. The maximum atomic E-state index is 2.48. The maximum Gasteiger partial charge on any atom is 0.0366 e. The van der Waals surface area contributed by atoms with Crippen LogP contribution in [0.15, 0.2) is 41.5 Å². The van der Waals surface area contributed by atoms with Gasteiger partial charge in [-0.1, -0.05) is 43.2 Å². The van der Waals surface area contributed by atoms with Crippen LogP contribution in [0.4, 0.5) is 5.69 Å².